The molecule has 1 aliphatic carbocycles. The average molecular weight is 266 g/mol. The molecule has 0 aromatic heterocycles. The lowest BCUT2D eigenvalue weighted by Crippen LogP contribution is -2.48. The van der Waals surface area contributed by atoms with Gasteiger partial charge < -0.3 is 10.2 Å². The summed E-state index contributed by atoms with van der Waals surface area (Å²) in [5.74, 6) is 1.20. The van der Waals surface area contributed by atoms with Gasteiger partial charge in [-0.05, 0) is 31.6 Å². The summed E-state index contributed by atoms with van der Waals surface area (Å²) in [6.45, 7) is 5.73. The topological polar surface area (TPSA) is 49.4 Å². The van der Waals surface area contributed by atoms with E-state index in [1.807, 2.05) is 4.90 Å². The minimum atomic E-state index is 0.152. The Balaban J connectivity index is 1.70. The van der Waals surface area contributed by atoms with Crippen LogP contribution < -0.4 is 5.32 Å². The highest BCUT2D eigenvalue weighted by atomic mass is 16.2. The van der Waals surface area contributed by atoms with Gasteiger partial charge in [0.15, 0.2) is 0 Å². The number of likely N-dealkylation sites (tertiary alicyclic amines) is 1. The molecule has 2 fully saturated rings. The summed E-state index contributed by atoms with van der Waals surface area (Å²) in [5.41, 5.74) is 0. The van der Waals surface area contributed by atoms with E-state index in [-0.39, 0.29) is 11.9 Å². The summed E-state index contributed by atoms with van der Waals surface area (Å²) in [4.78, 5) is 25.8. The van der Waals surface area contributed by atoms with Gasteiger partial charge in [0.1, 0.15) is 0 Å². The van der Waals surface area contributed by atoms with Gasteiger partial charge in [-0.1, -0.05) is 20.3 Å². The second-order valence-corrected chi connectivity index (χ2v) is 6.39. The molecular weight excluding hydrogens is 240 g/mol. The van der Waals surface area contributed by atoms with E-state index in [2.05, 4.69) is 19.2 Å². The van der Waals surface area contributed by atoms with E-state index in [0.29, 0.717) is 24.2 Å². The number of nitrogens with zero attached hydrogens (tertiary/aromatic N) is 1. The molecule has 2 rings (SSSR count). The van der Waals surface area contributed by atoms with Crippen LogP contribution >= 0.6 is 0 Å². The van der Waals surface area contributed by atoms with Crippen LogP contribution in [0.5, 0.6) is 0 Å². The predicted octanol–water partition coefficient (Wildman–Crippen LogP) is 1.94. The quantitative estimate of drug-likeness (QED) is 0.845. The number of carbonyl (C=O) groups is 2. The first-order chi connectivity index (χ1) is 9.06. The molecule has 19 heavy (non-hydrogen) atoms. The van der Waals surface area contributed by atoms with E-state index in [1.165, 1.54) is 6.42 Å². The molecular formula is C15H26N2O2. The van der Waals surface area contributed by atoms with Gasteiger partial charge >= 0.3 is 0 Å². The fourth-order valence-corrected chi connectivity index (χ4v) is 2.81. The maximum absolute atomic E-state index is 12.1. The first kappa shape index (κ1) is 14.4. The van der Waals surface area contributed by atoms with Gasteiger partial charge in [0.05, 0.1) is 0 Å². The Labute approximate surface area is 115 Å². The van der Waals surface area contributed by atoms with Gasteiger partial charge in [-0.25, -0.2) is 0 Å². The van der Waals surface area contributed by atoms with Crippen molar-refractivity contribution in [1.82, 2.24) is 10.2 Å². The van der Waals surface area contributed by atoms with Crippen LogP contribution in [0.25, 0.3) is 0 Å². The summed E-state index contributed by atoms with van der Waals surface area (Å²) in [7, 11) is 0. The zero-order chi connectivity index (χ0) is 13.8. The zero-order valence-electron chi connectivity index (χ0n) is 12.2. The van der Waals surface area contributed by atoms with Crippen LogP contribution in [0.2, 0.25) is 0 Å². The molecule has 0 bridgehead atoms. The third-order valence-electron chi connectivity index (χ3n) is 4.22. The zero-order valence-corrected chi connectivity index (χ0v) is 12.2. The molecule has 2 amide bonds. The monoisotopic (exact) mass is 266 g/mol. The van der Waals surface area contributed by atoms with E-state index >= 15 is 0 Å². The number of hydrogen-bond acceptors (Lipinski definition) is 2. The van der Waals surface area contributed by atoms with E-state index in [0.717, 1.165) is 38.8 Å². The van der Waals surface area contributed by atoms with Gasteiger partial charge in [0.25, 0.3) is 0 Å². The van der Waals surface area contributed by atoms with Crippen molar-refractivity contribution in [3.8, 4) is 0 Å². The lowest BCUT2D eigenvalue weighted by atomic mass is 9.84. The molecule has 1 aliphatic heterocycles. The van der Waals surface area contributed by atoms with Crippen LogP contribution in [-0.4, -0.2) is 35.8 Å². The summed E-state index contributed by atoms with van der Waals surface area (Å²) in [5, 5.41) is 3.09. The number of hydrogen-bond donors (Lipinski definition) is 1. The average Bonchev–Trinajstić information content (AvgIpc) is 2.26. The number of amides is 2. The molecule has 0 spiro atoms. The van der Waals surface area contributed by atoms with Crippen molar-refractivity contribution in [3.05, 3.63) is 0 Å². The molecule has 108 valence electrons. The molecule has 4 nitrogen and oxygen atoms in total. The highest BCUT2D eigenvalue weighted by Crippen LogP contribution is 2.29. The fraction of sp³-hybridized carbons (Fsp3) is 0.867. The van der Waals surface area contributed by atoms with Gasteiger partial charge in [-0.3, -0.25) is 9.59 Å². The maximum atomic E-state index is 12.1. The maximum Gasteiger partial charge on any atom is 0.225 e. The second-order valence-electron chi connectivity index (χ2n) is 6.39. The third kappa shape index (κ3) is 3.95. The summed E-state index contributed by atoms with van der Waals surface area (Å²) in [6, 6.07) is 0.261. The van der Waals surface area contributed by atoms with Crippen LogP contribution in [0, 0.1) is 11.8 Å². The number of piperidine rings is 1. The number of carbonyl (C=O) groups excluding carboxylic acids is 2. The molecule has 2 aliphatic rings. The van der Waals surface area contributed by atoms with Crippen molar-refractivity contribution in [1.29, 1.82) is 0 Å². The van der Waals surface area contributed by atoms with Crippen molar-refractivity contribution < 1.29 is 9.59 Å². The molecule has 0 radical (unpaired) electrons. The van der Waals surface area contributed by atoms with Crippen molar-refractivity contribution in [2.24, 2.45) is 11.8 Å². The van der Waals surface area contributed by atoms with E-state index in [9.17, 15) is 9.59 Å². The molecule has 0 aromatic carbocycles. The van der Waals surface area contributed by atoms with E-state index in [4.69, 9.17) is 0 Å². The van der Waals surface area contributed by atoms with Crippen LogP contribution in [0.1, 0.15) is 52.4 Å². The van der Waals surface area contributed by atoms with Gasteiger partial charge in [-0.2, -0.15) is 0 Å². The van der Waals surface area contributed by atoms with Crippen LogP contribution in [0.15, 0.2) is 0 Å². The lowest BCUT2D eigenvalue weighted by Gasteiger charge is -2.36. The summed E-state index contributed by atoms with van der Waals surface area (Å²) in [6.07, 6.45) is 5.76. The standard InChI is InChI=1S/C15H26N2O2/c1-11(2)10-14(18)16-13-6-8-17(9-7-13)15(19)12-4-3-5-12/h11-13H,3-10H2,1-2H3,(H,16,18). The highest BCUT2D eigenvalue weighted by Gasteiger charge is 2.31. The minimum absolute atomic E-state index is 0.152. The summed E-state index contributed by atoms with van der Waals surface area (Å²) < 4.78 is 0. The molecule has 1 heterocycles. The van der Waals surface area contributed by atoms with Gasteiger partial charge in [0, 0.05) is 31.5 Å². The molecule has 0 atom stereocenters. The Morgan fingerprint density at radius 1 is 1.16 bits per heavy atom. The number of nitrogens with one attached hydrogen (secondary N) is 1. The Morgan fingerprint density at radius 2 is 1.79 bits per heavy atom. The smallest absolute Gasteiger partial charge is 0.225 e. The van der Waals surface area contributed by atoms with E-state index in [1.54, 1.807) is 0 Å². The highest BCUT2D eigenvalue weighted by molar-refractivity contribution is 5.80. The van der Waals surface area contributed by atoms with Gasteiger partial charge in [-0.15, -0.1) is 0 Å². The van der Waals surface area contributed by atoms with Crippen LogP contribution in [-0.2, 0) is 9.59 Å². The molecule has 0 aromatic rings. The molecule has 0 unspecified atom stereocenters. The minimum Gasteiger partial charge on any atom is -0.353 e. The fourth-order valence-electron chi connectivity index (χ4n) is 2.81. The van der Waals surface area contributed by atoms with Crippen molar-refractivity contribution in [3.63, 3.8) is 0 Å². The first-order valence-corrected chi connectivity index (χ1v) is 7.64. The molecule has 1 saturated carbocycles. The lowest BCUT2D eigenvalue weighted by molar-refractivity contribution is -0.139. The Morgan fingerprint density at radius 3 is 2.26 bits per heavy atom. The first-order valence-electron chi connectivity index (χ1n) is 7.64. The predicted molar refractivity (Wildman–Crippen MR) is 74.5 cm³/mol. The number of rotatable bonds is 4. The third-order valence-corrected chi connectivity index (χ3v) is 4.22. The van der Waals surface area contributed by atoms with Crippen molar-refractivity contribution >= 4 is 11.8 Å². The molecule has 4 heteroatoms. The Kier molecular flexibility index (Phi) is 4.83. The van der Waals surface area contributed by atoms with Crippen molar-refractivity contribution in [2.75, 3.05) is 13.1 Å². The second kappa shape index (κ2) is 6.40. The summed E-state index contributed by atoms with van der Waals surface area (Å²) >= 11 is 0. The molecule has 1 saturated heterocycles. The van der Waals surface area contributed by atoms with Crippen LogP contribution in [0.3, 0.4) is 0 Å². The van der Waals surface area contributed by atoms with Crippen LogP contribution in [0.4, 0.5) is 0 Å². The van der Waals surface area contributed by atoms with Gasteiger partial charge in [0.2, 0.25) is 11.8 Å². The Hall–Kier alpha value is -1.06. The largest absolute Gasteiger partial charge is 0.353 e. The van der Waals surface area contributed by atoms with Crippen molar-refractivity contribution in [2.45, 2.75) is 58.4 Å². The molecule has 1 N–H and O–H groups in total. The SMILES string of the molecule is CC(C)CC(=O)NC1CCN(C(=O)C2CCC2)CC1. The normalized spacial score (nSPS) is 21.3. The van der Waals surface area contributed by atoms with E-state index < -0.39 is 0 Å². The Bertz CT molecular complexity index is 329.